The summed E-state index contributed by atoms with van der Waals surface area (Å²) in [6, 6.07) is 7.55. The molecule has 0 atom stereocenters. The Hall–Kier alpha value is -1.90. The Kier molecular flexibility index (Phi) is 2.14. The Morgan fingerprint density at radius 2 is 2.21 bits per heavy atom. The van der Waals surface area contributed by atoms with Crippen molar-refractivity contribution in [2.45, 2.75) is 6.54 Å². The van der Waals surface area contributed by atoms with Gasteiger partial charge in [-0.05, 0) is 6.07 Å². The molecule has 2 rings (SSSR count). The molecule has 0 N–H and O–H groups in total. The van der Waals surface area contributed by atoms with Crippen molar-refractivity contribution in [3.8, 4) is 0 Å². The molecule has 0 bridgehead atoms. The van der Waals surface area contributed by atoms with Gasteiger partial charge in [0, 0.05) is 18.1 Å². The van der Waals surface area contributed by atoms with E-state index in [0.29, 0.717) is 6.54 Å². The zero-order valence-corrected chi connectivity index (χ0v) is 7.68. The first-order valence-electron chi connectivity index (χ1n) is 4.38. The van der Waals surface area contributed by atoms with Crippen molar-refractivity contribution in [3.05, 3.63) is 53.6 Å². The van der Waals surface area contributed by atoms with Crippen LogP contribution < -0.4 is 5.69 Å². The first-order valence-corrected chi connectivity index (χ1v) is 4.38. The molecule has 1 aromatic heterocycles. The van der Waals surface area contributed by atoms with E-state index in [1.54, 1.807) is 12.3 Å². The van der Waals surface area contributed by atoms with Gasteiger partial charge >= 0.3 is 5.69 Å². The average molecular weight is 186 g/mol. The molecule has 1 heterocycles. The van der Waals surface area contributed by atoms with Gasteiger partial charge in [0.05, 0.1) is 5.52 Å². The minimum atomic E-state index is -0.233. The zero-order valence-electron chi connectivity index (χ0n) is 7.68. The van der Waals surface area contributed by atoms with Crippen molar-refractivity contribution in [1.82, 2.24) is 9.55 Å². The molecule has 3 nitrogen and oxygen atoms in total. The van der Waals surface area contributed by atoms with E-state index < -0.39 is 0 Å². The van der Waals surface area contributed by atoms with Gasteiger partial charge in [0.15, 0.2) is 0 Å². The van der Waals surface area contributed by atoms with E-state index in [2.05, 4.69) is 11.6 Å². The van der Waals surface area contributed by atoms with E-state index in [1.165, 1.54) is 4.57 Å². The quantitative estimate of drug-likeness (QED) is 0.667. The lowest BCUT2D eigenvalue weighted by Gasteiger charge is -2.02. The standard InChI is InChI=1S/C11H10N2O/c1-2-7-13-8-9-5-3-4-6-10(9)12-11(13)14/h2-6,8H,1,7H2. The zero-order chi connectivity index (χ0) is 9.97. The molecule has 3 heteroatoms. The molecular formula is C11H10N2O. The Labute approximate surface area is 81.3 Å². The Morgan fingerprint density at radius 3 is 3.00 bits per heavy atom. The highest BCUT2D eigenvalue weighted by Crippen LogP contribution is 2.07. The molecule has 0 fully saturated rings. The fourth-order valence-corrected chi connectivity index (χ4v) is 1.36. The van der Waals surface area contributed by atoms with E-state index in [0.717, 1.165) is 10.9 Å². The third kappa shape index (κ3) is 1.44. The summed E-state index contributed by atoms with van der Waals surface area (Å²) >= 11 is 0. The third-order valence-corrected chi connectivity index (χ3v) is 2.02. The van der Waals surface area contributed by atoms with Gasteiger partial charge in [-0.2, -0.15) is 4.98 Å². The van der Waals surface area contributed by atoms with E-state index in [1.807, 2.05) is 24.3 Å². The van der Waals surface area contributed by atoms with Crippen LogP contribution in [0.1, 0.15) is 0 Å². The van der Waals surface area contributed by atoms with Crippen molar-refractivity contribution in [1.29, 1.82) is 0 Å². The molecule has 2 aromatic rings. The minimum Gasteiger partial charge on any atom is -0.295 e. The molecule has 0 radical (unpaired) electrons. The minimum absolute atomic E-state index is 0.233. The van der Waals surface area contributed by atoms with Crippen LogP contribution in [0.3, 0.4) is 0 Å². The van der Waals surface area contributed by atoms with Crippen molar-refractivity contribution < 1.29 is 0 Å². The van der Waals surface area contributed by atoms with Crippen molar-refractivity contribution >= 4 is 10.9 Å². The number of fused-ring (bicyclic) bond motifs is 1. The lowest BCUT2D eigenvalue weighted by molar-refractivity contribution is 0.757. The molecule has 70 valence electrons. The summed E-state index contributed by atoms with van der Waals surface area (Å²) in [4.78, 5) is 15.4. The van der Waals surface area contributed by atoms with Gasteiger partial charge in [-0.25, -0.2) is 4.79 Å². The Balaban J connectivity index is 2.70. The molecular weight excluding hydrogens is 176 g/mol. The lowest BCUT2D eigenvalue weighted by atomic mass is 10.2. The highest BCUT2D eigenvalue weighted by molar-refractivity contribution is 5.76. The van der Waals surface area contributed by atoms with E-state index >= 15 is 0 Å². The summed E-state index contributed by atoms with van der Waals surface area (Å²) in [7, 11) is 0. The van der Waals surface area contributed by atoms with Gasteiger partial charge in [-0.15, -0.1) is 6.58 Å². The maximum Gasteiger partial charge on any atom is 0.348 e. The number of aromatic nitrogens is 2. The highest BCUT2D eigenvalue weighted by atomic mass is 16.1. The monoisotopic (exact) mass is 186 g/mol. The van der Waals surface area contributed by atoms with Crippen LogP contribution in [0.25, 0.3) is 10.9 Å². The topological polar surface area (TPSA) is 34.9 Å². The van der Waals surface area contributed by atoms with E-state index in [-0.39, 0.29) is 5.69 Å². The van der Waals surface area contributed by atoms with Crippen LogP contribution in [0.2, 0.25) is 0 Å². The van der Waals surface area contributed by atoms with Gasteiger partial charge in [-0.1, -0.05) is 24.3 Å². The summed E-state index contributed by atoms with van der Waals surface area (Å²) in [6.45, 7) is 4.09. The van der Waals surface area contributed by atoms with Gasteiger partial charge in [0.25, 0.3) is 0 Å². The van der Waals surface area contributed by atoms with Crippen molar-refractivity contribution in [3.63, 3.8) is 0 Å². The molecule has 14 heavy (non-hydrogen) atoms. The SMILES string of the molecule is C=CCn1cc2ccccc2nc1=O. The van der Waals surface area contributed by atoms with Crippen LogP contribution in [0.5, 0.6) is 0 Å². The molecule has 0 amide bonds. The van der Waals surface area contributed by atoms with Crippen LogP contribution in [-0.4, -0.2) is 9.55 Å². The van der Waals surface area contributed by atoms with Gasteiger partial charge in [0.2, 0.25) is 0 Å². The molecule has 1 aromatic carbocycles. The maximum atomic E-state index is 11.4. The number of benzene rings is 1. The number of nitrogens with zero attached hydrogens (tertiary/aromatic N) is 2. The molecule has 0 aliphatic heterocycles. The molecule has 0 saturated heterocycles. The highest BCUT2D eigenvalue weighted by Gasteiger charge is 1.98. The van der Waals surface area contributed by atoms with Gasteiger partial charge < -0.3 is 0 Å². The lowest BCUT2D eigenvalue weighted by Crippen LogP contribution is -2.21. The normalized spacial score (nSPS) is 10.3. The van der Waals surface area contributed by atoms with Crippen LogP contribution in [-0.2, 0) is 6.54 Å². The van der Waals surface area contributed by atoms with Crippen LogP contribution in [0.4, 0.5) is 0 Å². The number of allylic oxidation sites excluding steroid dienone is 1. The van der Waals surface area contributed by atoms with Crippen LogP contribution >= 0.6 is 0 Å². The molecule has 0 spiro atoms. The summed E-state index contributed by atoms with van der Waals surface area (Å²) < 4.78 is 1.54. The van der Waals surface area contributed by atoms with Crippen molar-refractivity contribution in [2.24, 2.45) is 0 Å². The van der Waals surface area contributed by atoms with Gasteiger partial charge in [0.1, 0.15) is 0 Å². The fraction of sp³-hybridized carbons (Fsp3) is 0.0909. The van der Waals surface area contributed by atoms with Crippen LogP contribution in [0.15, 0.2) is 47.9 Å². The summed E-state index contributed by atoms with van der Waals surface area (Å²) in [5.41, 5.74) is 0.501. The smallest absolute Gasteiger partial charge is 0.295 e. The number of rotatable bonds is 2. The maximum absolute atomic E-state index is 11.4. The second-order valence-electron chi connectivity index (χ2n) is 3.02. The molecule has 0 aliphatic carbocycles. The second kappa shape index (κ2) is 3.46. The predicted molar refractivity (Wildman–Crippen MR) is 56.2 cm³/mol. The fourth-order valence-electron chi connectivity index (χ4n) is 1.36. The third-order valence-electron chi connectivity index (χ3n) is 2.02. The van der Waals surface area contributed by atoms with E-state index in [4.69, 9.17) is 0 Å². The van der Waals surface area contributed by atoms with Crippen molar-refractivity contribution in [2.75, 3.05) is 0 Å². The molecule has 0 saturated carbocycles. The molecule has 0 aliphatic rings. The Bertz CT molecular complexity index is 528. The van der Waals surface area contributed by atoms with Crippen LogP contribution in [0, 0.1) is 0 Å². The van der Waals surface area contributed by atoms with Gasteiger partial charge in [-0.3, -0.25) is 4.57 Å². The largest absolute Gasteiger partial charge is 0.348 e. The first kappa shape index (κ1) is 8.69. The summed E-state index contributed by atoms with van der Waals surface area (Å²) in [5.74, 6) is 0. The van der Waals surface area contributed by atoms with E-state index in [9.17, 15) is 4.79 Å². The average Bonchev–Trinajstić information content (AvgIpc) is 2.19. The number of para-hydroxylation sites is 1. The summed E-state index contributed by atoms with van der Waals surface area (Å²) in [6.07, 6.45) is 3.48. The molecule has 0 unspecified atom stereocenters. The first-order chi connectivity index (χ1) is 6.81. The summed E-state index contributed by atoms with van der Waals surface area (Å²) in [5, 5.41) is 0.967. The predicted octanol–water partition coefficient (Wildman–Crippen LogP) is 1.58. The number of hydrogen-bond donors (Lipinski definition) is 0. The second-order valence-corrected chi connectivity index (χ2v) is 3.02. The number of hydrogen-bond acceptors (Lipinski definition) is 2. The Morgan fingerprint density at radius 1 is 1.43 bits per heavy atom.